The molecule has 0 aliphatic carbocycles. The summed E-state index contributed by atoms with van der Waals surface area (Å²) in [5.41, 5.74) is 0.796. The van der Waals surface area contributed by atoms with Gasteiger partial charge in [-0.15, -0.1) is 0 Å². The summed E-state index contributed by atoms with van der Waals surface area (Å²) in [7, 11) is 0. The van der Waals surface area contributed by atoms with Crippen LogP contribution in [0.15, 0.2) is 66.7 Å². The van der Waals surface area contributed by atoms with Crippen LogP contribution in [-0.4, -0.2) is 16.8 Å². The van der Waals surface area contributed by atoms with Crippen LogP contribution in [0, 0.1) is 11.6 Å². The van der Waals surface area contributed by atoms with Crippen molar-refractivity contribution in [2.24, 2.45) is 0 Å². The molecule has 1 aromatic heterocycles. The Hall–Kier alpha value is -3.61. The highest BCUT2D eigenvalue weighted by molar-refractivity contribution is 6.03. The van der Waals surface area contributed by atoms with E-state index in [0.29, 0.717) is 11.3 Å². The Bertz CT molecular complexity index is 975. The molecule has 0 atom stereocenters. The number of nitrogens with zero attached hydrogens (tertiary/aromatic N) is 1. The largest absolute Gasteiger partial charge is 0.347 e. The van der Waals surface area contributed by atoms with Crippen LogP contribution in [0.1, 0.15) is 26.5 Å². The van der Waals surface area contributed by atoms with Crippen molar-refractivity contribution >= 4 is 17.5 Å². The molecule has 0 saturated heterocycles. The van der Waals surface area contributed by atoms with Crippen LogP contribution in [0.5, 0.6) is 0 Å². The van der Waals surface area contributed by atoms with E-state index in [1.165, 1.54) is 48.5 Å². The van der Waals surface area contributed by atoms with Gasteiger partial charge in [0.2, 0.25) is 0 Å². The van der Waals surface area contributed by atoms with Crippen molar-refractivity contribution in [3.05, 3.63) is 95.3 Å². The van der Waals surface area contributed by atoms with Gasteiger partial charge in [-0.1, -0.05) is 24.3 Å². The van der Waals surface area contributed by atoms with Gasteiger partial charge < -0.3 is 10.6 Å². The van der Waals surface area contributed by atoms with E-state index < -0.39 is 23.4 Å². The summed E-state index contributed by atoms with van der Waals surface area (Å²) in [6, 6.07) is 15.8. The van der Waals surface area contributed by atoms with Crippen LogP contribution in [0.3, 0.4) is 0 Å². The van der Waals surface area contributed by atoms with E-state index >= 15 is 0 Å². The minimum atomic E-state index is -0.537. The lowest BCUT2D eigenvalue weighted by molar-refractivity contribution is 0.0945. The lowest BCUT2D eigenvalue weighted by Gasteiger charge is -2.08. The molecule has 5 nitrogen and oxygen atoms in total. The quantitative estimate of drug-likeness (QED) is 0.725. The average Bonchev–Trinajstić information content (AvgIpc) is 2.69. The Morgan fingerprint density at radius 3 is 2.19 bits per heavy atom. The number of aromatic nitrogens is 1. The second kappa shape index (κ2) is 8.18. The van der Waals surface area contributed by atoms with Gasteiger partial charge in [0.05, 0.1) is 0 Å². The third-order valence-corrected chi connectivity index (χ3v) is 3.71. The van der Waals surface area contributed by atoms with Crippen LogP contribution in [0.25, 0.3) is 0 Å². The molecule has 0 aliphatic heterocycles. The summed E-state index contributed by atoms with van der Waals surface area (Å²) in [6.45, 7) is -0.000803. The number of pyridine rings is 1. The fourth-order valence-electron chi connectivity index (χ4n) is 2.32. The molecule has 0 bridgehead atoms. The molecule has 0 saturated carbocycles. The van der Waals surface area contributed by atoms with Crippen molar-refractivity contribution in [3.8, 4) is 0 Å². The number of halogens is 2. The maximum absolute atomic E-state index is 13.6. The maximum Gasteiger partial charge on any atom is 0.274 e. The summed E-state index contributed by atoms with van der Waals surface area (Å²) in [5, 5.41) is 5.13. The molecule has 27 heavy (non-hydrogen) atoms. The minimum absolute atomic E-state index is 0.000803. The lowest BCUT2D eigenvalue weighted by atomic mass is 10.2. The fourth-order valence-corrected chi connectivity index (χ4v) is 2.32. The molecule has 0 radical (unpaired) electrons. The van der Waals surface area contributed by atoms with E-state index in [-0.39, 0.29) is 17.9 Å². The average molecular weight is 367 g/mol. The summed E-state index contributed by atoms with van der Waals surface area (Å²) in [5.74, 6) is -1.90. The van der Waals surface area contributed by atoms with Gasteiger partial charge in [0.25, 0.3) is 11.8 Å². The van der Waals surface area contributed by atoms with E-state index in [1.807, 2.05) is 0 Å². The number of nitrogens with one attached hydrogen (secondary N) is 2. The number of carbonyl (C=O) groups excluding carboxylic acids is 2. The lowest BCUT2D eigenvalue weighted by Crippen LogP contribution is -2.25. The van der Waals surface area contributed by atoms with E-state index in [4.69, 9.17) is 0 Å². The smallest absolute Gasteiger partial charge is 0.274 e. The van der Waals surface area contributed by atoms with Gasteiger partial charge in [-0.3, -0.25) is 9.59 Å². The first-order valence-corrected chi connectivity index (χ1v) is 8.08. The van der Waals surface area contributed by atoms with Crippen LogP contribution >= 0.6 is 0 Å². The van der Waals surface area contributed by atoms with Crippen LogP contribution in [-0.2, 0) is 6.54 Å². The summed E-state index contributed by atoms with van der Waals surface area (Å²) in [4.78, 5) is 28.5. The fraction of sp³-hybridized carbons (Fsp3) is 0.0500. The second-order valence-corrected chi connectivity index (χ2v) is 5.64. The van der Waals surface area contributed by atoms with Crippen molar-refractivity contribution < 1.29 is 18.4 Å². The Balaban J connectivity index is 1.67. The Labute approximate surface area is 154 Å². The molecule has 2 amide bonds. The summed E-state index contributed by atoms with van der Waals surface area (Å²) < 4.78 is 26.5. The number of hydrogen-bond donors (Lipinski definition) is 2. The number of carbonyl (C=O) groups is 2. The SMILES string of the molecule is O=C(NCc1ccccc1F)c1cccc(C(=O)Nc2ccc(F)cc2)n1. The van der Waals surface area contributed by atoms with Gasteiger partial charge in [0, 0.05) is 17.8 Å². The van der Waals surface area contributed by atoms with Gasteiger partial charge >= 0.3 is 0 Å². The predicted molar refractivity (Wildman–Crippen MR) is 96.2 cm³/mol. The Kier molecular flexibility index (Phi) is 5.51. The van der Waals surface area contributed by atoms with Gasteiger partial charge in [-0.2, -0.15) is 0 Å². The number of hydrogen-bond acceptors (Lipinski definition) is 3. The molecule has 2 aromatic carbocycles. The van der Waals surface area contributed by atoms with Crippen molar-refractivity contribution in [1.82, 2.24) is 10.3 Å². The molecule has 3 aromatic rings. The molecule has 136 valence electrons. The predicted octanol–water partition coefficient (Wildman–Crippen LogP) is 3.54. The topological polar surface area (TPSA) is 71.1 Å². The maximum atomic E-state index is 13.6. The molecular formula is C20H15F2N3O2. The highest BCUT2D eigenvalue weighted by atomic mass is 19.1. The molecule has 0 fully saturated rings. The van der Waals surface area contributed by atoms with Gasteiger partial charge in [0.1, 0.15) is 23.0 Å². The zero-order valence-electron chi connectivity index (χ0n) is 14.1. The first kappa shape index (κ1) is 18.2. The molecule has 1 heterocycles. The van der Waals surface area contributed by atoms with Crippen molar-refractivity contribution in [2.45, 2.75) is 6.54 Å². The number of amides is 2. The van der Waals surface area contributed by atoms with Crippen molar-refractivity contribution in [2.75, 3.05) is 5.32 Å². The van der Waals surface area contributed by atoms with Crippen LogP contribution in [0.4, 0.5) is 14.5 Å². The summed E-state index contributed by atoms with van der Waals surface area (Å²) >= 11 is 0. The van der Waals surface area contributed by atoms with E-state index in [9.17, 15) is 18.4 Å². The van der Waals surface area contributed by atoms with Crippen molar-refractivity contribution in [1.29, 1.82) is 0 Å². The van der Waals surface area contributed by atoms with Crippen molar-refractivity contribution in [3.63, 3.8) is 0 Å². The van der Waals surface area contributed by atoms with E-state index in [1.54, 1.807) is 18.2 Å². The van der Waals surface area contributed by atoms with Crippen LogP contribution in [0.2, 0.25) is 0 Å². The Morgan fingerprint density at radius 1 is 0.815 bits per heavy atom. The normalized spacial score (nSPS) is 10.3. The highest BCUT2D eigenvalue weighted by Crippen LogP contribution is 2.11. The molecule has 3 rings (SSSR count). The molecule has 0 spiro atoms. The third-order valence-electron chi connectivity index (χ3n) is 3.71. The molecule has 0 aliphatic rings. The van der Waals surface area contributed by atoms with Crippen LogP contribution < -0.4 is 10.6 Å². The Morgan fingerprint density at radius 2 is 1.48 bits per heavy atom. The number of rotatable bonds is 5. The molecular weight excluding hydrogens is 352 g/mol. The van der Waals surface area contributed by atoms with E-state index in [0.717, 1.165) is 0 Å². The molecule has 2 N–H and O–H groups in total. The first-order valence-electron chi connectivity index (χ1n) is 8.08. The number of benzene rings is 2. The summed E-state index contributed by atoms with van der Waals surface area (Å²) in [6.07, 6.45) is 0. The second-order valence-electron chi connectivity index (χ2n) is 5.64. The molecule has 0 unspecified atom stereocenters. The zero-order valence-corrected chi connectivity index (χ0v) is 14.1. The zero-order chi connectivity index (χ0) is 19.2. The van der Waals surface area contributed by atoms with Gasteiger partial charge in [-0.05, 0) is 42.5 Å². The van der Waals surface area contributed by atoms with Gasteiger partial charge in [0.15, 0.2) is 0 Å². The number of anilines is 1. The standard InChI is InChI=1S/C20H15F2N3O2/c21-14-8-10-15(11-9-14)24-20(27)18-7-3-6-17(25-18)19(26)23-12-13-4-1-2-5-16(13)22/h1-11H,12H2,(H,23,26)(H,24,27). The highest BCUT2D eigenvalue weighted by Gasteiger charge is 2.13. The third kappa shape index (κ3) is 4.72. The monoisotopic (exact) mass is 367 g/mol. The molecule has 7 heteroatoms. The van der Waals surface area contributed by atoms with Gasteiger partial charge in [-0.25, -0.2) is 13.8 Å². The van der Waals surface area contributed by atoms with E-state index in [2.05, 4.69) is 15.6 Å². The first-order chi connectivity index (χ1) is 13.0. The minimum Gasteiger partial charge on any atom is -0.347 e.